The third-order valence-corrected chi connectivity index (χ3v) is 1.94. The number of hydrogen-bond donors (Lipinski definition) is 0. The fourth-order valence-corrected chi connectivity index (χ4v) is 0.968. The van der Waals surface area contributed by atoms with Crippen molar-refractivity contribution in [2.24, 2.45) is 0 Å². The predicted molar refractivity (Wildman–Crippen MR) is 55.1 cm³/mol. The molecular weight excluding hydrogens is 176 g/mol. The van der Waals surface area contributed by atoms with Gasteiger partial charge in [0.1, 0.15) is 0 Å². The minimum atomic E-state index is -0.0585. The summed E-state index contributed by atoms with van der Waals surface area (Å²) in [5.74, 6) is 0.224. The van der Waals surface area contributed by atoms with Gasteiger partial charge in [0, 0.05) is 18.8 Å². The first-order valence-corrected chi connectivity index (χ1v) is 4.62. The zero-order chi connectivity index (χ0) is 10.6. The summed E-state index contributed by atoms with van der Waals surface area (Å²) in [5, 5.41) is 0. The molecule has 0 aliphatic carbocycles. The van der Waals surface area contributed by atoms with E-state index < -0.39 is 0 Å². The van der Waals surface area contributed by atoms with Crippen LogP contribution in [0.25, 0.3) is 0 Å². The first-order valence-electron chi connectivity index (χ1n) is 4.62. The van der Waals surface area contributed by atoms with Crippen LogP contribution in [0.5, 0.6) is 0 Å². The molecule has 14 heavy (non-hydrogen) atoms. The molecule has 1 aromatic rings. The smallest absolute Gasteiger partial charge is 0.204 e. The Bertz CT molecular complexity index is 341. The number of hydrogen-bond acceptors (Lipinski definition) is 3. The Balaban J connectivity index is 2.70. The van der Waals surface area contributed by atoms with Gasteiger partial charge in [-0.25, -0.2) is 9.97 Å². The first kappa shape index (κ1) is 10.6. The van der Waals surface area contributed by atoms with E-state index in [0.29, 0.717) is 6.42 Å². The molecule has 0 atom stereocenters. The number of nitrogens with zero attached hydrogens (tertiary/aromatic N) is 2. The quantitative estimate of drug-likeness (QED) is 0.540. The third-order valence-electron chi connectivity index (χ3n) is 1.94. The normalized spacial score (nSPS) is 9.86. The molecule has 1 aromatic heterocycles. The maximum Gasteiger partial charge on any atom is 0.204 e. The van der Waals surface area contributed by atoms with Crippen molar-refractivity contribution in [3.05, 3.63) is 35.9 Å². The molecular formula is C11H14N2O. The molecule has 3 heteroatoms. The molecule has 0 spiro atoms. The molecule has 0 saturated heterocycles. The van der Waals surface area contributed by atoms with Gasteiger partial charge in [-0.05, 0) is 18.9 Å². The number of aryl methyl sites for hydroxylation is 1. The van der Waals surface area contributed by atoms with Crippen LogP contribution in [0.15, 0.2) is 24.5 Å². The molecule has 0 N–H and O–H groups in total. The summed E-state index contributed by atoms with van der Waals surface area (Å²) in [4.78, 5) is 19.5. The van der Waals surface area contributed by atoms with E-state index in [4.69, 9.17) is 0 Å². The van der Waals surface area contributed by atoms with Crippen molar-refractivity contribution < 1.29 is 4.79 Å². The Kier molecular flexibility index (Phi) is 3.51. The van der Waals surface area contributed by atoms with Crippen LogP contribution < -0.4 is 0 Å². The fraction of sp³-hybridized carbons (Fsp3) is 0.364. The number of allylic oxidation sites excluding steroid dienone is 1. The minimum absolute atomic E-state index is 0.0585. The Morgan fingerprint density at radius 2 is 2.00 bits per heavy atom. The van der Waals surface area contributed by atoms with Gasteiger partial charge >= 0.3 is 0 Å². The van der Waals surface area contributed by atoms with Gasteiger partial charge in [-0.15, -0.1) is 0 Å². The van der Waals surface area contributed by atoms with Gasteiger partial charge in [-0.2, -0.15) is 0 Å². The summed E-state index contributed by atoms with van der Waals surface area (Å²) in [7, 11) is 0. The van der Waals surface area contributed by atoms with Crippen molar-refractivity contribution in [1.29, 1.82) is 0 Å². The van der Waals surface area contributed by atoms with E-state index in [9.17, 15) is 4.79 Å². The number of rotatable bonds is 4. The van der Waals surface area contributed by atoms with Crippen LogP contribution in [0.1, 0.15) is 35.9 Å². The lowest BCUT2D eigenvalue weighted by Crippen LogP contribution is -2.05. The summed E-state index contributed by atoms with van der Waals surface area (Å²) >= 11 is 0. The van der Waals surface area contributed by atoms with Crippen LogP contribution in [-0.4, -0.2) is 15.8 Å². The van der Waals surface area contributed by atoms with Crippen LogP contribution in [0, 0.1) is 6.92 Å². The second-order valence-electron chi connectivity index (χ2n) is 3.29. The molecule has 0 aliphatic rings. The summed E-state index contributed by atoms with van der Waals surface area (Å²) < 4.78 is 0. The van der Waals surface area contributed by atoms with E-state index in [1.54, 1.807) is 12.4 Å². The summed E-state index contributed by atoms with van der Waals surface area (Å²) in [6, 6.07) is 0. The fourth-order valence-electron chi connectivity index (χ4n) is 0.968. The van der Waals surface area contributed by atoms with Gasteiger partial charge < -0.3 is 0 Å². The topological polar surface area (TPSA) is 42.9 Å². The molecule has 0 fully saturated rings. The molecule has 0 bridgehead atoms. The number of aromatic nitrogens is 2. The monoisotopic (exact) mass is 190 g/mol. The highest BCUT2D eigenvalue weighted by Gasteiger charge is 2.09. The molecule has 1 rings (SSSR count). The van der Waals surface area contributed by atoms with E-state index in [1.165, 1.54) is 0 Å². The van der Waals surface area contributed by atoms with E-state index in [2.05, 4.69) is 16.5 Å². The largest absolute Gasteiger partial charge is 0.290 e. The Labute approximate surface area is 83.9 Å². The van der Waals surface area contributed by atoms with Crippen molar-refractivity contribution >= 4 is 5.78 Å². The first-order chi connectivity index (χ1) is 6.63. The van der Waals surface area contributed by atoms with Crippen LogP contribution >= 0.6 is 0 Å². The molecule has 1 heterocycles. The van der Waals surface area contributed by atoms with Gasteiger partial charge in [0.05, 0.1) is 0 Å². The highest BCUT2D eigenvalue weighted by atomic mass is 16.1. The van der Waals surface area contributed by atoms with Crippen LogP contribution in [0.2, 0.25) is 0 Å². The third kappa shape index (κ3) is 2.76. The number of carbonyl (C=O) groups excluding carboxylic acids is 1. The lowest BCUT2D eigenvalue weighted by Gasteiger charge is -2.00. The van der Waals surface area contributed by atoms with Crippen molar-refractivity contribution in [3.8, 4) is 0 Å². The average molecular weight is 190 g/mol. The number of ketones is 1. The highest BCUT2D eigenvalue weighted by Crippen LogP contribution is 2.07. The van der Waals surface area contributed by atoms with Crippen molar-refractivity contribution in [3.63, 3.8) is 0 Å². The standard InChI is InChI=1S/C11H14N2O/c1-4-8(2)5-10(14)11-12-6-9(3)7-13-11/h6-7H,2,4-5H2,1,3H3. The van der Waals surface area contributed by atoms with Gasteiger partial charge in [-0.3, -0.25) is 4.79 Å². The van der Waals surface area contributed by atoms with Crippen LogP contribution in [0.3, 0.4) is 0 Å². The summed E-state index contributed by atoms with van der Waals surface area (Å²) in [5.41, 5.74) is 1.87. The molecule has 0 amide bonds. The van der Waals surface area contributed by atoms with Gasteiger partial charge in [0.25, 0.3) is 0 Å². The Morgan fingerprint density at radius 3 is 2.50 bits per heavy atom. The molecule has 0 aromatic carbocycles. The van der Waals surface area contributed by atoms with E-state index in [1.807, 2.05) is 13.8 Å². The molecule has 74 valence electrons. The van der Waals surface area contributed by atoms with Crippen molar-refractivity contribution in [1.82, 2.24) is 9.97 Å². The maximum absolute atomic E-state index is 11.5. The molecule has 0 radical (unpaired) electrons. The molecule has 0 saturated carbocycles. The Morgan fingerprint density at radius 1 is 1.43 bits per heavy atom. The summed E-state index contributed by atoms with van der Waals surface area (Å²) in [6.07, 6.45) is 4.46. The second kappa shape index (κ2) is 4.65. The van der Waals surface area contributed by atoms with Crippen LogP contribution in [-0.2, 0) is 0 Å². The van der Waals surface area contributed by atoms with Gasteiger partial charge in [-0.1, -0.05) is 19.1 Å². The molecule has 0 aliphatic heterocycles. The lowest BCUT2D eigenvalue weighted by atomic mass is 10.1. The second-order valence-corrected chi connectivity index (χ2v) is 3.29. The maximum atomic E-state index is 11.5. The molecule has 0 unspecified atom stereocenters. The highest BCUT2D eigenvalue weighted by molar-refractivity contribution is 5.93. The van der Waals surface area contributed by atoms with Crippen LogP contribution in [0.4, 0.5) is 0 Å². The van der Waals surface area contributed by atoms with Crippen molar-refractivity contribution in [2.75, 3.05) is 0 Å². The predicted octanol–water partition coefficient (Wildman–Crippen LogP) is 2.32. The van der Waals surface area contributed by atoms with E-state index in [0.717, 1.165) is 17.6 Å². The van der Waals surface area contributed by atoms with Gasteiger partial charge in [0.15, 0.2) is 5.82 Å². The lowest BCUT2D eigenvalue weighted by molar-refractivity contribution is 0.0982. The van der Waals surface area contributed by atoms with Gasteiger partial charge in [0.2, 0.25) is 5.78 Å². The number of carbonyl (C=O) groups is 1. The molecule has 3 nitrogen and oxygen atoms in total. The summed E-state index contributed by atoms with van der Waals surface area (Å²) in [6.45, 7) is 7.65. The average Bonchev–Trinajstić information content (AvgIpc) is 2.18. The zero-order valence-corrected chi connectivity index (χ0v) is 8.58. The zero-order valence-electron chi connectivity index (χ0n) is 8.58. The minimum Gasteiger partial charge on any atom is -0.290 e. The van der Waals surface area contributed by atoms with Crippen molar-refractivity contribution in [2.45, 2.75) is 26.7 Å². The van der Waals surface area contributed by atoms with E-state index in [-0.39, 0.29) is 11.6 Å². The number of Topliss-reactive ketones (excluding diaryl/α,β-unsaturated/α-hetero) is 1. The SMILES string of the molecule is C=C(CC)CC(=O)c1ncc(C)cn1. The Hall–Kier alpha value is -1.51. The van der Waals surface area contributed by atoms with E-state index >= 15 is 0 Å².